The number of carbonyl (C=O) groups is 1. The van der Waals surface area contributed by atoms with Crippen molar-refractivity contribution in [1.29, 1.82) is 0 Å². The highest BCUT2D eigenvalue weighted by atomic mass is 32.1. The van der Waals surface area contributed by atoms with Gasteiger partial charge in [0.05, 0.1) is 7.11 Å². The maximum Gasteiger partial charge on any atom is 0.344 e. The minimum Gasteiger partial charge on any atom is -0.493 e. The van der Waals surface area contributed by atoms with Crippen LogP contribution in [0.15, 0.2) is 35.1 Å². The second-order valence-corrected chi connectivity index (χ2v) is 6.83. The minimum atomic E-state index is -0.560. The van der Waals surface area contributed by atoms with E-state index in [0.717, 1.165) is 5.56 Å². The second-order valence-electron chi connectivity index (χ2n) is 5.79. The van der Waals surface area contributed by atoms with E-state index in [4.69, 9.17) is 14.2 Å². The van der Waals surface area contributed by atoms with Gasteiger partial charge in [-0.2, -0.15) is 9.61 Å². The summed E-state index contributed by atoms with van der Waals surface area (Å²) in [6.45, 7) is 3.32. The lowest BCUT2D eigenvalue weighted by Gasteiger charge is -2.11. The first-order chi connectivity index (χ1) is 13.5. The number of aryl methyl sites for hydroxylation is 1. The molecular formula is C19H19N3O5S. The molecule has 2 heterocycles. The lowest BCUT2D eigenvalue weighted by atomic mass is 10.2. The van der Waals surface area contributed by atoms with Crippen molar-refractivity contribution in [3.05, 3.63) is 57.0 Å². The third-order valence-corrected chi connectivity index (χ3v) is 4.55. The van der Waals surface area contributed by atoms with Crippen LogP contribution >= 0.6 is 11.3 Å². The number of hydrogen-bond donors (Lipinski definition) is 0. The highest BCUT2D eigenvalue weighted by Crippen LogP contribution is 2.28. The minimum absolute atomic E-state index is 0.0634. The highest BCUT2D eigenvalue weighted by molar-refractivity contribution is 7.16. The van der Waals surface area contributed by atoms with Crippen LogP contribution in [-0.4, -0.2) is 34.3 Å². The molecule has 2 aromatic heterocycles. The summed E-state index contributed by atoms with van der Waals surface area (Å²) in [7, 11) is 1.53. The lowest BCUT2D eigenvalue weighted by molar-refractivity contribution is -0.147. The molecule has 0 unspecified atom stereocenters. The molecule has 0 fully saturated rings. The molecule has 0 aliphatic carbocycles. The van der Waals surface area contributed by atoms with E-state index in [0.29, 0.717) is 27.2 Å². The van der Waals surface area contributed by atoms with Crippen molar-refractivity contribution in [1.82, 2.24) is 14.6 Å². The number of carbonyl (C=O) groups excluding carboxylic acids is 1. The second kappa shape index (κ2) is 8.66. The van der Waals surface area contributed by atoms with Crippen molar-refractivity contribution in [3.63, 3.8) is 0 Å². The summed E-state index contributed by atoms with van der Waals surface area (Å²) in [5.41, 5.74) is 1.30. The van der Waals surface area contributed by atoms with Gasteiger partial charge in [-0.1, -0.05) is 29.6 Å². The number of esters is 1. The number of methoxy groups -OCH3 is 1. The van der Waals surface area contributed by atoms with Gasteiger partial charge in [0.15, 0.2) is 23.1 Å². The number of benzene rings is 1. The summed E-state index contributed by atoms with van der Waals surface area (Å²) in [5, 5.41) is 4.58. The molecule has 0 amide bonds. The Kier molecular flexibility index (Phi) is 6.05. The zero-order chi connectivity index (χ0) is 20.1. The van der Waals surface area contributed by atoms with E-state index in [9.17, 15) is 9.59 Å². The third kappa shape index (κ3) is 4.55. The summed E-state index contributed by atoms with van der Waals surface area (Å²) in [4.78, 5) is 28.5. The van der Waals surface area contributed by atoms with Crippen LogP contribution in [0.2, 0.25) is 0 Å². The summed E-state index contributed by atoms with van der Waals surface area (Å²) < 4.78 is 17.1. The molecular weight excluding hydrogens is 382 g/mol. The molecule has 0 saturated carbocycles. The van der Waals surface area contributed by atoms with E-state index in [1.165, 1.54) is 29.0 Å². The highest BCUT2D eigenvalue weighted by Gasteiger charge is 2.12. The van der Waals surface area contributed by atoms with Gasteiger partial charge < -0.3 is 14.2 Å². The standard InChI is InChI=1S/C19H19N3O5S/c1-4-5-13-6-7-14(15(9-13)25-3)26-11-18(24)27-10-16-21-22-17(23)8-12(2)20-19(22)28-16/h4-9H,10-11H2,1-3H3/b5-4+. The van der Waals surface area contributed by atoms with Crippen molar-refractivity contribution in [3.8, 4) is 11.5 Å². The van der Waals surface area contributed by atoms with Crippen LogP contribution in [0.4, 0.5) is 0 Å². The van der Waals surface area contributed by atoms with Crippen LogP contribution in [0.5, 0.6) is 11.5 Å². The summed E-state index contributed by atoms with van der Waals surface area (Å²) >= 11 is 1.19. The molecule has 1 aromatic carbocycles. The average molecular weight is 401 g/mol. The molecule has 0 saturated heterocycles. The Bertz CT molecular complexity index is 1090. The Morgan fingerprint density at radius 1 is 1.29 bits per heavy atom. The molecule has 0 radical (unpaired) electrons. The topological polar surface area (TPSA) is 92.0 Å². The predicted molar refractivity (Wildman–Crippen MR) is 105 cm³/mol. The number of rotatable bonds is 7. The quantitative estimate of drug-likeness (QED) is 0.562. The van der Waals surface area contributed by atoms with Crippen LogP contribution in [0, 0.1) is 6.92 Å². The normalized spacial score (nSPS) is 11.1. The first-order valence-corrected chi connectivity index (χ1v) is 9.27. The fraction of sp³-hybridized carbons (Fsp3) is 0.263. The molecule has 8 nitrogen and oxygen atoms in total. The van der Waals surface area contributed by atoms with Gasteiger partial charge in [0.1, 0.15) is 6.61 Å². The Labute approximate surface area is 165 Å². The van der Waals surface area contributed by atoms with Crippen molar-refractivity contribution < 1.29 is 19.0 Å². The molecule has 3 rings (SSSR count). The summed E-state index contributed by atoms with van der Waals surface area (Å²) in [6, 6.07) is 6.80. The molecule has 0 bridgehead atoms. The molecule has 0 spiro atoms. The number of fused-ring (bicyclic) bond motifs is 1. The smallest absolute Gasteiger partial charge is 0.344 e. The zero-order valence-corrected chi connectivity index (χ0v) is 16.5. The Morgan fingerprint density at radius 3 is 2.86 bits per heavy atom. The van der Waals surface area contributed by atoms with Gasteiger partial charge in [-0.05, 0) is 31.5 Å². The maximum atomic E-state index is 12.0. The van der Waals surface area contributed by atoms with Crippen molar-refractivity contribution >= 4 is 28.3 Å². The van der Waals surface area contributed by atoms with Gasteiger partial charge >= 0.3 is 5.97 Å². The molecule has 146 valence electrons. The molecule has 0 aliphatic heterocycles. The van der Waals surface area contributed by atoms with Crippen LogP contribution in [-0.2, 0) is 16.1 Å². The first kappa shape index (κ1) is 19.6. The van der Waals surface area contributed by atoms with Crippen LogP contribution < -0.4 is 15.0 Å². The van der Waals surface area contributed by atoms with Gasteiger partial charge in [0.2, 0.25) is 4.96 Å². The van der Waals surface area contributed by atoms with Gasteiger partial charge in [-0.3, -0.25) is 4.79 Å². The molecule has 0 atom stereocenters. The Morgan fingerprint density at radius 2 is 2.11 bits per heavy atom. The SMILES string of the molecule is C/C=C/c1ccc(OCC(=O)OCc2nn3c(=O)cc(C)nc3s2)c(OC)c1. The van der Waals surface area contributed by atoms with E-state index >= 15 is 0 Å². The summed E-state index contributed by atoms with van der Waals surface area (Å²) in [6.07, 6.45) is 3.85. The largest absolute Gasteiger partial charge is 0.493 e. The fourth-order valence-electron chi connectivity index (χ4n) is 2.44. The Hall–Kier alpha value is -3.20. The van der Waals surface area contributed by atoms with Crippen LogP contribution in [0.25, 0.3) is 11.0 Å². The molecule has 3 aromatic rings. The van der Waals surface area contributed by atoms with Gasteiger partial charge in [-0.25, -0.2) is 9.78 Å². The van der Waals surface area contributed by atoms with Gasteiger partial charge in [0.25, 0.3) is 5.56 Å². The number of allylic oxidation sites excluding steroid dienone is 1. The van der Waals surface area contributed by atoms with Crippen molar-refractivity contribution in [2.45, 2.75) is 20.5 Å². The molecule has 0 N–H and O–H groups in total. The summed E-state index contributed by atoms with van der Waals surface area (Å²) in [5.74, 6) is 0.407. The van der Waals surface area contributed by atoms with E-state index in [1.54, 1.807) is 13.0 Å². The van der Waals surface area contributed by atoms with E-state index in [2.05, 4.69) is 10.1 Å². The number of aromatic nitrogens is 3. The van der Waals surface area contributed by atoms with Crippen molar-refractivity contribution in [2.75, 3.05) is 13.7 Å². The molecule has 28 heavy (non-hydrogen) atoms. The number of hydrogen-bond acceptors (Lipinski definition) is 8. The average Bonchev–Trinajstić information content (AvgIpc) is 3.08. The van der Waals surface area contributed by atoms with Gasteiger partial charge in [-0.15, -0.1) is 0 Å². The lowest BCUT2D eigenvalue weighted by Crippen LogP contribution is -2.16. The number of nitrogens with zero attached hydrogens (tertiary/aromatic N) is 3. The fourth-order valence-corrected chi connectivity index (χ4v) is 3.30. The van der Waals surface area contributed by atoms with E-state index in [-0.39, 0.29) is 18.8 Å². The molecule has 9 heteroatoms. The Balaban J connectivity index is 1.59. The van der Waals surface area contributed by atoms with Crippen LogP contribution in [0.1, 0.15) is 23.2 Å². The third-order valence-electron chi connectivity index (χ3n) is 3.66. The van der Waals surface area contributed by atoms with E-state index in [1.807, 2.05) is 31.2 Å². The zero-order valence-electron chi connectivity index (χ0n) is 15.7. The van der Waals surface area contributed by atoms with Crippen LogP contribution in [0.3, 0.4) is 0 Å². The van der Waals surface area contributed by atoms with Gasteiger partial charge in [0, 0.05) is 11.8 Å². The first-order valence-electron chi connectivity index (χ1n) is 8.45. The molecule has 0 aliphatic rings. The monoisotopic (exact) mass is 401 g/mol. The maximum absolute atomic E-state index is 12.0. The van der Waals surface area contributed by atoms with Crippen molar-refractivity contribution in [2.24, 2.45) is 0 Å². The number of ether oxygens (including phenoxy) is 3. The predicted octanol–water partition coefficient (Wildman–Crippen LogP) is 2.62. The van der Waals surface area contributed by atoms with E-state index < -0.39 is 5.97 Å².